The van der Waals surface area contributed by atoms with Gasteiger partial charge in [0.05, 0.1) is 0 Å². The smallest absolute Gasteiger partial charge is 0.325 e. The number of rotatable bonds is 17. The second-order valence-electron chi connectivity index (χ2n) is 6.60. The van der Waals surface area contributed by atoms with Gasteiger partial charge in [0.1, 0.15) is 6.61 Å². The van der Waals surface area contributed by atoms with Gasteiger partial charge in [0.25, 0.3) is 0 Å². The second kappa shape index (κ2) is 16.4. The van der Waals surface area contributed by atoms with E-state index in [1.807, 2.05) is 6.08 Å². The lowest BCUT2D eigenvalue weighted by atomic mass is 10.1. The Kier molecular flexibility index (Phi) is 16.4. The molecule has 0 rings (SSSR count). The monoisotopic (exact) mass is 364 g/mol. The molecule has 0 aliphatic carbocycles. The van der Waals surface area contributed by atoms with Crippen LogP contribution in [0.2, 0.25) is 0 Å². The molecule has 0 aliphatic rings. The van der Waals surface area contributed by atoms with Crippen molar-refractivity contribution in [2.75, 3.05) is 6.61 Å². The normalized spacial score (nSPS) is 13.7. The largest absolute Gasteiger partial charge is 0.567 e. The Morgan fingerprint density at radius 3 is 1.83 bits per heavy atom. The first kappa shape index (κ1) is 24.0. The van der Waals surface area contributed by atoms with E-state index in [4.69, 9.17) is 20.4 Å². The molecule has 0 unspecified atom stereocenters. The van der Waals surface area contributed by atoms with E-state index in [2.05, 4.69) is 17.5 Å². The van der Waals surface area contributed by atoms with Crippen molar-refractivity contribution in [2.24, 2.45) is 5.73 Å². The highest BCUT2D eigenvalue weighted by molar-refractivity contribution is 7.53. The summed E-state index contributed by atoms with van der Waals surface area (Å²) in [6, 6.07) is -0.329. The molecule has 0 amide bonds. The van der Waals surface area contributed by atoms with E-state index in [0.29, 0.717) is 6.42 Å². The van der Waals surface area contributed by atoms with Gasteiger partial charge in [-0.05, 0) is 19.3 Å². The van der Waals surface area contributed by atoms with E-state index in [-0.39, 0.29) is 12.6 Å². The molecule has 0 aliphatic heterocycles. The highest BCUT2D eigenvalue weighted by Gasteiger charge is 2.33. The van der Waals surface area contributed by atoms with Crippen molar-refractivity contribution in [3.63, 3.8) is 0 Å². The lowest BCUT2D eigenvalue weighted by molar-refractivity contribution is 0.152. The van der Waals surface area contributed by atoms with E-state index in [1.165, 1.54) is 70.6 Å². The van der Waals surface area contributed by atoms with Crippen molar-refractivity contribution in [3.8, 4) is 0 Å². The summed E-state index contributed by atoms with van der Waals surface area (Å²) in [7, 11) is -4.15. The maximum absolute atomic E-state index is 8.69. The third-order valence-corrected chi connectivity index (χ3v) is 4.54. The maximum Gasteiger partial charge on any atom is 0.567 e. The van der Waals surface area contributed by atoms with Gasteiger partial charge >= 0.3 is 8.17 Å². The van der Waals surface area contributed by atoms with Gasteiger partial charge in [-0.3, -0.25) is 0 Å². The minimum atomic E-state index is -4.15. The van der Waals surface area contributed by atoms with Crippen molar-refractivity contribution >= 4 is 8.17 Å². The van der Waals surface area contributed by atoms with E-state index in [9.17, 15) is 0 Å². The molecule has 6 heteroatoms. The standard InChI is InChI=1S/C18H39NO4P/c1-2-3-4-5-6-7-8-9-10-11-12-13-14-15-16-18(19)17-23-24(20,21)22/h14-15,18,20-22H,2-13,16-17,19H2,1H3/q+1/b15-14+/t18-/m1/s1. The third-order valence-electron chi connectivity index (χ3n) is 4.04. The van der Waals surface area contributed by atoms with Crippen LogP contribution in [-0.4, -0.2) is 27.3 Å². The molecule has 0 fully saturated rings. The van der Waals surface area contributed by atoms with Gasteiger partial charge in [0.2, 0.25) is 0 Å². The van der Waals surface area contributed by atoms with Gasteiger partial charge in [0.15, 0.2) is 0 Å². The van der Waals surface area contributed by atoms with Crippen LogP contribution < -0.4 is 5.73 Å². The summed E-state index contributed by atoms with van der Waals surface area (Å²) in [6.07, 6.45) is 20.6. The Morgan fingerprint density at radius 1 is 0.833 bits per heavy atom. The van der Waals surface area contributed by atoms with E-state index in [1.54, 1.807) is 0 Å². The van der Waals surface area contributed by atoms with Crippen LogP contribution in [0.3, 0.4) is 0 Å². The Morgan fingerprint density at radius 2 is 1.33 bits per heavy atom. The molecule has 5 N–H and O–H groups in total. The van der Waals surface area contributed by atoms with Gasteiger partial charge in [0, 0.05) is 6.04 Å². The summed E-state index contributed by atoms with van der Waals surface area (Å²) in [5.74, 6) is 0. The zero-order valence-electron chi connectivity index (χ0n) is 15.4. The van der Waals surface area contributed by atoms with Crippen molar-refractivity contribution in [1.82, 2.24) is 0 Å². The SMILES string of the molecule is CCCCCCCCCCCCC/C=C/C[C@@H](N)CO[P+](O)(O)O. The molecule has 0 bridgehead atoms. The molecule has 0 radical (unpaired) electrons. The van der Waals surface area contributed by atoms with E-state index < -0.39 is 8.17 Å². The number of hydrogen-bond acceptors (Lipinski definition) is 5. The van der Waals surface area contributed by atoms with Gasteiger partial charge in [-0.25, -0.2) is 0 Å². The first-order chi connectivity index (χ1) is 11.5. The number of hydrogen-bond donors (Lipinski definition) is 4. The molecule has 0 saturated carbocycles. The summed E-state index contributed by atoms with van der Waals surface area (Å²) < 4.78 is 4.48. The zero-order valence-corrected chi connectivity index (χ0v) is 16.3. The predicted molar refractivity (Wildman–Crippen MR) is 102 cm³/mol. The van der Waals surface area contributed by atoms with E-state index >= 15 is 0 Å². The summed E-state index contributed by atoms with van der Waals surface area (Å²) in [6.45, 7) is 2.20. The fourth-order valence-electron chi connectivity index (χ4n) is 2.58. The fraction of sp³-hybridized carbons (Fsp3) is 0.889. The van der Waals surface area contributed by atoms with Crippen LogP contribution in [0.15, 0.2) is 12.2 Å². The molecule has 0 aromatic heterocycles. The number of allylic oxidation sites excluding steroid dienone is 1. The van der Waals surface area contributed by atoms with Crippen LogP contribution in [0.4, 0.5) is 0 Å². The maximum atomic E-state index is 8.69. The van der Waals surface area contributed by atoms with Crippen molar-refractivity contribution in [3.05, 3.63) is 12.2 Å². The second-order valence-corrected chi connectivity index (χ2v) is 7.89. The Labute approximate surface area is 149 Å². The van der Waals surface area contributed by atoms with E-state index in [0.717, 1.165) is 6.42 Å². The van der Waals surface area contributed by atoms with Gasteiger partial charge in [-0.1, -0.05) is 83.3 Å². The number of unbranched alkanes of at least 4 members (excludes halogenated alkanes) is 11. The molecule has 0 heterocycles. The third kappa shape index (κ3) is 20.0. The average molecular weight is 364 g/mol. The highest BCUT2D eigenvalue weighted by atomic mass is 31.2. The molecular formula is C18H39NO4P+. The van der Waals surface area contributed by atoms with Crippen LogP contribution in [-0.2, 0) is 4.52 Å². The fourth-order valence-corrected chi connectivity index (χ4v) is 2.97. The molecule has 0 aromatic rings. The quantitative estimate of drug-likeness (QED) is 0.171. The summed E-state index contributed by atoms with van der Waals surface area (Å²) >= 11 is 0. The summed E-state index contributed by atoms with van der Waals surface area (Å²) in [5.41, 5.74) is 5.74. The molecule has 144 valence electrons. The topological polar surface area (TPSA) is 95.9 Å². The zero-order chi connectivity index (χ0) is 18.1. The van der Waals surface area contributed by atoms with Crippen LogP contribution in [0.1, 0.15) is 90.4 Å². The Bertz CT molecular complexity index is 295. The minimum absolute atomic E-state index is 0.0555. The van der Waals surface area contributed by atoms with Crippen molar-refractivity contribution < 1.29 is 19.2 Å². The van der Waals surface area contributed by atoms with Crippen LogP contribution in [0.25, 0.3) is 0 Å². The number of nitrogens with two attached hydrogens (primary N) is 1. The molecular weight excluding hydrogens is 325 g/mol. The van der Waals surface area contributed by atoms with Gasteiger partial charge in [-0.15, -0.1) is 0 Å². The van der Waals surface area contributed by atoms with Crippen molar-refractivity contribution in [2.45, 2.75) is 96.4 Å². The molecule has 0 spiro atoms. The summed E-state index contributed by atoms with van der Waals surface area (Å²) in [5, 5.41) is 0. The van der Waals surface area contributed by atoms with Crippen LogP contribution >= 0.6 is 8.17 Å². The van der Waals surface area contributed by atoms with Crippen LogP contribution in [0, 0.1) is 0 Å². The molecule has 0 aromatic carbocycles. The summed E-state index contributed by atoms with van der Waals surface area (Å²) in [4.78, 5) is 26.1. The molecule has 24 heavy (non-hydrogen) atoms. The minimum Gasteiger partial charge on any atom is -0.325 e. The molecule has 1 atom stereocenters. The average Bonchev–Trinajstić information content (AvgIpc) is 2.52. The van der Waals surface area contributed by atoms with Crippen LogP contribution in [0.5, 0.6) is 0 Å². The van der Waals surface area contributed by atoms with Gasteiger partial charge < -0.3 is 5.73 Å². The van der Waals surface area contributed by atoms with Gasteiger partial charge in [-0.2, -0.15) is 19.2 Å². The molecule has 5 nitrogen and oxygen atoms in total. The predicted octanol–water partition coefficient (Wildman–Crippen LogP) is 4.63. The lowest BCUT2D eigenvalue weighted by Gasteiger charge is -2.08. The molecule has 0 saturated heterocycles. The van der Waals surface area contributed by atoms with Crippen molar-refractivity contribution in [1.29, 1.82) is 0 Å². The Balaban J connectivity index is 3.26. The highest BCUT2D eigenvalue weighted by Crippen LogP contribution is 2.45. The first-order valence-corrected chi connectivity index (χ1v) is 11.1. The first-order valence-electron chi connectivity index (χ1n) is 9.58. The Hall–Kier alpha value is -0.0300. The lowest BCUT2D eigenvalue weighted by Crippen LogP contribution is -2.25.